The van der Waals surface area contributed by atoms with Gasteiger partial charge < -0.3 is 4.90 Å². The first kappa shape index (κ1) is 10.2. The van der Waals surface area contributed by atoms with Gasteiger partial charge in [-0.1, -0.05) is 0 Å². The highest BCUT2D eigenvalue weighted by Crippen LogP contribution is 2.30. The number of aromatic nitrogens is 2. The Labute approximate surface area is 89.7 Å². The molecule has 1 aromatic rings. The molecule has 1 amide bonds. The molecule has 4 nitrogen and oxygen atoms in total. The van der Waals surface area contributed by atoms with Gasteiger partial charge in [0.2, 0.25) is 0 Å². The number of aromatic amines is 1. The quantitative estimate of drug-likeness (QED) is 0.816. The third-order valence-electron chi connectivity index (χ3n) is 2.78. The van der Waals surface area contributed by atoms with Crippen LogP contribution in [-0.2, 0) is 0 Å². The van der Waals surface area contributed by atoms with Gasteiger partial charge in [0.15, 0.2) is 0 Å². The Morgan fingerprint density at radius 1 is 1.67 bits per heavy atom. The number of nitrogens with one attached hydrogen (secondary N) is 1. The zero-order chi connectivity index (χ0) is 10.8. The topological polar surface area (TPSA) is 49.0 Å². The summed E-state index contributed by atoms with van der Waals surface area (Å²) >= 11 is 0. The first-order valence-corrected chi connectivity index (χ1v) is 5.48. The predicted octanol–water partition coefficient (Wildman–Crippen LogP) is 1.67. The van der Waals surface area contributed by atoms with E-state index in [1.54, 1.807) is 12.4 Å². The molecule has 1 saturated carbocycles. The van der Waals surface area contributed by atoms with Crippen LogP contribution in [-0.4, -0.2) is 33.6 Å². The zero-order valence-corrected chi connectivity index (χ0v) is 9.23. The SMILES string of the molecule is CC(C)N(CC1CC1)C(=O)c1cn[nH]c1. The average Bonchev–Trinajstić information content (AvgIpc) is 2.84. The number of carbonyl (C=O) groups is 1. The van der Waals surface area contributed by atoms with E-state index < -0.39 is 0 Å². The van der Waals surface area contributed by atoms with Crippen LogP contribution in [0.4, 0.5) is 0 Å². The van der Waals surface area contributed by atoms with Crippen LogP contribution in [0, 0.1) is 5.92 Å². The summed E-state index contributed by atoms with van der Waals surface area (Å²) in [6.45, 7) is 5.00. The Bertz CT molecular complexity index is 328. The minimum Gasteiger partial charge on any atom is -0.336 e. The predicted molar refractivity (Wildman–Crippen MR) is 57.5 cm³/mol. The minimum atomic E-state index is 0.0886. The van der Waals surface area contributed by atoms with Crippen LogP contribution in [0.1, 0.15) is 37.0 Å². The third kappa shape index (κ3) is 2.37. The maximum atomic E-state index is 12.1. The number of H-pyrrole nitrogens is 1. The largest absolute Gasteiger partial charge is 0.336 e. The van der Waals surface area contributed by atoms with E-state index in [2.05, 4.69) is 24.0 Å². The van der Waals surface area contributed by atoms with Gasteiger partial charge >= 0.3 is 0 Å². The second kappa shape index (κ2) is 4.04. The smallest absolute Gasteiger partial charge is 0.257 e. The number of hydrogen-bond donors (Lipinski definition) is 1. The van der Waals surface area contributed by atoms with Gasteiger partial charge in [0.05, 0.1) is 11.8 Å². The van der Waals surface area contributed by atoms with Crippen molar-refractivity contribution in [3.8, 4) is 0 Å². The Balaban J connectivity index is 2.06. The van der Waals surface area contributed by atoms with E-state index in [4.69, 9.17) is 0 Å². The van der Waals surface area contributed by atoms with E-state index >= 15 is 0 Å². The van der Waals surface area contributed by atoms with Crippen molar-refractivity contribution in [1.29, 1.82) is 0 Å². The molecule has 0 atom stereocenters. The molecule has 1 heterocycles. The van der Waals surface area contributed by atoms with Crippen LogP contribution < -0.4 is 0 Å². The van der Waals surface area contributed by atoms with Gasteiger partial charge in [-0.15, -0.1) is 0 Å². The molecule has 0 bridgehead atoms. The van der Waals surface area contributed by atoms with Gasteiger partial charge in [-0.3, -0.25) is 9.89 Å². The summed E-state index contributed by atoms with van der Waals surface area (Å²) in [5.74, 6) is 0.814. The molecule has 0 unspecified atom stereocenters. The van der Waals surface area contributed by atoms with Crippen LogP contribution >= 0.6 is 0 Å². The highest BCUT2D eigenvalue weighted by Gasteiger charge is 2.28. The van der Waals surface area contributed by atoms with Gasteiger partial charge in [0.25, 0.3) is 5.91 Å². The van der Waals surface area contributed by atoms with Gasteiger partial charge in [-0.25, -0.2) is 0 Å². The summed E-state index contributed by atoms with van der Waals surface area (Å²) in [6.07, 6.45) is 5.78. The summed E-state index contributed by atoms with van der Waals surface area (Å²) in [5.41, 5.74) is 0.657. The fourth-order valence-corrected chi connectivity index (χ4v) is 1.64. The lowest BCUT2D eigenvalue weighted by atomic mass is 10.2. The van der Waals surface area contributed by atoms with Gasteiger partial charge in [0.1, 0.15) is 0 Å². The Kier molecular flexibility index (Phi) is 2.75. The van der Waals surface area contributed by atoms with E-state index in [1.807, 2.05) is 4.90 Å². The summed E-state index contributed by atoms with van der Waals surface area (Å²) < 4.78 is 0. The Morgan fingerprint density at radius 2 is 2.40 bits per heavy atom. The molecule has 4 heteroatoms. The fourth-order valence-electron chi connectivity index (χ4n) is 1.64. The van der Waals surface area contributed by atoms with Crippen molar-refractivity contribution in [2.45, 2.75) is 32.7 Å². The van der Waals surface area contributed by atoms with E-state index in [9.17, 15) is 4.79 Å². The molecule has 0 radical (unpaired) electrons. The van der Waals surface area contributed by atoms with Crippen LogP contribution in [0.5, 0.6) is 0 Å². The first-order chi connectivity index (χ1) is 7.18. The molecule has 15 heavy (non-hydrogen) atoms. The molecule has 82 valence electrons. The minimum absolute atomic E-state index is 0.0886. The lowest BCUT2D eigenvalue weighted by molar-refractivity contribution is 0.0696. The molecule has 0 aromatic carbocycles. The van der Waals surface area contributed by atoms with Crippen LogP contribution in [0.15, 0.2) is 12.4 Å². The number of hydrogen-bond acceptors (Lipinski definition) is 2. The van der Waals surface area contributed by atoms with Gasteiger partial charge in [-0.05, 0) is 32.6 Å². The highest BCUT2D eigenvalue weighted by atomic mass is 16.2. The monoisotopic (exact) mass is 207 g/mol. The van der Waals surface area contributed by atoms with Crippen molar-refractivity contribution in [1.82, 2.24) is 15.1 Å². The molecule has 1 aliphatic carbocycles. The second-order valence-corrected chi connectivity index (χ2v) is 4.48. The fraction of sp³-hybridized carbons (Fsp3) is 0.636. The van der Waals surface area contributed by atoms with Crippen molar-refractivity contribution in [3.63, 3.8) is 0 Å². The van der Waals surface area contributed by atoms with Crippen molar-refractivity contribution < 1.29 is 4.79 Å². The summed E-state index contributed by atoms with van der Waals surface area (Å²) in [7, 11) is 0. The summed E-state index contributed by atoms with van der Waals surface area (Å²) in [4.78, 5) is 14.0. The maximum absolute atomic E-state index is 12.1. The number of amides is 1. The molecule has 1 N–H and O–H groups in total. The normalized spacial score (nSPS) is 15.7. The third-order valence-corrected chi connectivity index (χ3v) is 2.78. The lowest BCUT2D eigenvalue weighted by Crippen LogP contribution is -2.38. The highest BCUT2D eigenvalue weighted by molar-refractivity contribution is 5.93. The number of carbonyl (C=O) groups excluding carboxylic acids is 1. The molecule has 1 aromatic heterocycles. The molecule has 0 aliphatic heterocycles. The molecular weight excluding hydrogens is 190 g/mol. The van der Waals surface area contributed by atoms with E-state index in [0.717, 1.165) is 12.5 Å². The van der Waals surface area contributed by atoms with E-state index in [0.29, 0.717) is 5.56 Å². The zero-order valence-electron chi connectivity index (χ0n) is 9.23. The summed E-state index contributed by atoms with van der Waals surface area (Å²) in [5, 5.41) is 6.48. The molecule has 2 rings (SSSR count). The van der Waals surface area contributed by atoms with Crippen LogP contribution in [0.25, 0.3) is 0 Å². The second-order valence-electron chi connectivity index (χ2n) is 4.48. The van der Waals surface area contributed by atoms with Crippen molar-refractivity contribution in [2.75, 3.05) is 6.54 Å². The Morgan fingerprint density at radius 3 is 2.87 bits per heavy atom. The van der Waals surface area contributed by atoms with E-state index in [-0.39, 0.29) is 11.9 Å². The number of nitrogens with zero attached hydrogens (tertiary/aromatic N) is 2. The molecule has 0 saturated heterocycles. The van der Waals surface area contributed by atoms with Crippen LogP contribution in [0.2, 0.25) is 0 Å². The number of rotatable bonds is 4. The van der Waals surface area contributed by atoms with Crippen LogP contribution in [0.3, 0.4) is 0 Å². The van der Waals surface area contributed by atoms with Gasteiger partial charge in [-0.2, -0.15) is 5.10 Å². The van der Waals surface area contributed by atoms with Crippen molar-refractivity contribution >= 4 is 5.91 Å². The lowest BCUT2D eigenvalue weighted by Gasteiger charge is -2.26. The summed E-state index contributed by atoms with van der Waals surface area (Å²) in [6, 6.07) is 0.257. The van der Waals surface area contributed by atoms with Crippen molar-refractivity contribution in [3.05, 3.63) is 18.0 Å². The maximum Gasteiger partial charge on any atom is 0.257 e. The Hall–Kier alpha value is -1.32. The molecule has 0 spiro atoms. The molecule has 1 fully saturated rings. The molecule has 1 aliphatic rings. The van der Waals surface area contributed by atoms with Crippen molar-refractivity contribution in [2.24, 2.45) is 5.92 Å². The standard InChI is InChI=1S/C11H17N3O/c1-8(2)14(7-9-3-4-9)11(15)10-5-12-13-6-10/h5-6,8-9H,3-4,7H2,1-2H3,(H,12,13). The first-order valence-electron chi connectivity index (χ1n) is 5.48. The van der Waals surface area contributed by atoms with Gasteiger partial charge in [0, 0.05) is 18.8 Å². The average molecular weight is 207 g/mol. The van der Waals surface area contributed by atoms with E-state index in [1.165, 1.54) is 12.8 Å². The molecular formula is C11H17N3O.